The quantitative estimate of drug-likeness (QED) is 0.800. The highest BCUT2D eigenvalue weighted by molar-refractivity contribution is 7.78. The molecule has 0 saturated carbocycles. The molecule has 1 unspecified atom stereocenters. The van der Waals surface area contributed by atoms with Crippen molar-refractivity contribution in [2.75, 3.05) is 0 Å². The maximum atomic E-state index is 10.6. The van der Waals surface area contributed by atoms with Crippen LogP contribution < -0.4 is 0 Å². The first-order valence-electron chi connectivity index (χ1n) is 4.79. The molecule has 1 heterocycles. The second-order valence-electron chi connectivity index (χ2n) is 3.31. The van der Waals surface area contributed by atoms with E-state index in [9.17, 15) is 8.76 Å². The third-order valence-electron chi connectivity index (χ3n) is 2.09. The van der Waals surface area contributed by atoms with Crippen LogP contribution in [-0.2, 0) is 16.8 Å². The van der Waals surface area contributed by atoms with E-state index in [1.807, 2.05) is 12.1 Å². The van der Waals surface area contributed by atoms with Crippen molar-refractivity contribution in [3.05, 3.63) is 47.4 Å². The number of benzene rings is 1. The minimum absolute atomic E-state index is 0.179. The number of nitrogens with zero attached hydrogens (tertiary/aromatic N) is 2. The van der Waals surface area contributed by atoms with Crippen LogP contribution in [0.25, 0.3) is 11.3 Å². The number of halogens is 1. The fourth-order valence-corrected chi connectivity index (χ4v) is 1.83. The first-order chi connectivity index (χ1) is 8.15. The Kier molecular flexibility index (Phi) is 3.83. The summed E-state index contributed by atoms with van der Waals surface area (Å²) in [5.74, 6) is 0.104. The van der Waals surface area contributed by atoms with E-state index in [-0.39, 0.29) is 11.6 Å². The third kappa shape index (κ3) is 3.33. The topological polar surface area (TPSA) is 65.9 Å². The van der Waals surface area contributed by atoms with Gasteiger partial charge in [0.1, 0.15) is 5.82 Å². The van der Waals surface area contributed by atoms with Crippen molar-refractivity contribution in [3.63, 3.8) is 0 Å². The molecule has 0 aliphatic heterocycles. The predicted octanol–water partition coefficient (Wildman–Crippen LogP) is 2.18. The summed E-state index contributed by atoms with van der Waals surface area (Å²) >= 11 is 3.60. The van der Waals surface area contributed by atoms with Gasteiger partial charge in [0.25, 0.3) is 0 Å². The molecule has 4 nitrogen and oxygen atoms in total. The molecule has 2 aromatic rings. The smallest absolute Gasteiger partial charge is 0.140 e. The minimum Gasteiger partial charge on any atom is -0.772 e. The van der Waals surface area contributed by atoms with Crippen LogP contribution in [0.2, 0.25) is 5.02 Å². The lowest BCUT2D eigenvalue weighted by Gasteiger charge is -2.05. The zero-order chi connectivity index (χ0) is 12.3. The molecule has 6 heteroatoms. The second-order valence-corrected chi connectivity index (χ2v) is 4.65. The molecule has 1 atom stereocenters. The number of hydrogen-bond donors (Lipinski definition) is 0. The summed E-state index contributed by atoms with van der Waals surface area (Å²) in [4.78, 5) is 8.06. The molecule has 0 aliphatic rings. The van der Waals surface area contributed by atoms with Gasteiger partial charge in [0.05, 0.1) is 11.4 Å². The summed E-state index contributed by atoms with van der Waals surface area (Å²) in [6.07, 6.45) is 1.54. The predicted molar refractivity (Wildman–Crippen MR) is 65.1 cm³/mol. The van der Waals surface area contributed by atoms with Crippen LogP contribution in [0.5, 0.6) is 0 Å². The molecule has 2 rings (SSSR count). The average molecular weight is 268 g/mol. The Bertz CT molecular complexity index is 545. The van der Waals surface area contributed by atoms with Gasteiger partial charge < -0.3 is 4.55 Å². The summed E-state index contributed by atoms with van der Waals surface area (Å²) in [5.41, 5.74) is 1.55. The van der Waals surface area contributed by atoms with E-state index in [0.717, 1.165) is 5.56 Å². The Morgan fingerprint density at radius 2 is 1.94 bits per heavy atom. The molecule has 0 spiro atoms. The minimum atomic E-state index is -2.18. The Hall–Kier alpha value is -1.30. The molecule has 1 aromatic heterocycles. The van der Waals surface area contributed by atoms with Crippen LogP contribution >= 0.6 is 11.6 Å². The van der Waals surface area contributed by atoms with Crippen LogP contribution in [0.3, 0.4) is 0 Å². The zero-order valence-electron chi connectivity index (χ0n) is 8.67. The fraction of sp³-hybridized carbons (Fsp3) is 0.0909. The largest absolute Gasteiger partial charge is 0.772 e. The van der Waals surface area contributed by atoms with Crippen molar-refractivity contribution in [3.8, 4) is 11.3 Å². The Morgan fingerprint density at radius 3 is 2.59 bits per heavy atom. The number of aromatic nitrogens is 2. The highest BCUT2D eigenvalue weighted by atomic mass is 35.5. The van der Waals surface area contributed by atoms with E-state index in [1.165, 1.54) is 0 Å². The lowest BCUT2D eigenvalue weighted by molar-refractivity contribution is 0.535. The van der Waals surface area contributed by atoms with E-state index < -0.39 is 11.1 Å². The van der Waals surface area contributed by atoms with Crippen molar-refractivity contribution in [1.29, 1.82) is 0 Å². The Labute approximate surface area is 106 Å². The van der Waals surface area contributed by atoms with Crippen molar-refractivity contribution in [2.45, 2.75) is 5.75 Å². The van der Waals surface area contributed by atoms with E-state index in [0.29, 0.717) is 10.7 Å². The average Bonchev–Trinajstić information content (AvgIpc) is 2.29. The highest BCUT2D eigenvalue weighted by Gasteiger charge is 2.02. The first kappa shape index (κ1) is 12.2. The van der Waals surface area contributed by atoms with Gasteiger partial charge in [0.2, 0.25) is 0 Å². The molecule has 0 fully saturated rings. The van der Waals surface area contributed by atoms with Gasteiger partial charge in [0.15, 0.2) is 0 Å². The van der Waals surface area contributed by atoms with E-state index in [1.54, 1.807) is 24.4 Å². The molecular weight excluding hydrogens is 260 g/mol. The summed E-state index contributed by atoms with van der Waals surface area (Å²) < 4.78 is 21.1. The van der Waals surface area contributed by atoms with Gasteiger partial charge in [-0.2, -0.15) is 0 Å². The maximum absolute atomic E-state index is 10.6. The van der Waals surface area contributed by atoms with Gasteiger partial charge in [-0.05, 0) is 29.3 Å². The highest BCUT2D eigenvalue weighted by Crippen LogP contribution is 2.19. The van der Waals surface area contributed by atoms with E-state index in [4.69, 9.17) is 11.6 Å². The molecule has 0 radical (unpaired) electrons. The SMILES string of the molecule is O=S([O-])Cc1nccc(-c2ccc(Cl)cc2)n1. The van der Waals surface area contributed by atoms with Gasteiger partial charge in [-0.25, -0.2) is 9.97 Å². The first-order valence-corrected chi connectivity index (χ1v) is 6.41. The lowest BCUT2D eigenvalue weighted by Crippen LogP contribution is -2.00. The molecule has 0 aliphatic carbocycles. The molecule has 0 N–H and O–H groups in total. The van der Waals surface area contributed by atoms with Crippen LogP contribution in [0.1, 0.15) is 5.82 Å². The standard InChI is InChI=1S/C11H9ClN2O2S/c12-9-3-1-8(2-4-9)10-5-6-13-11(14-10)7-17(15)16/h1-6H,7H2,(H,15,16)/p-1. The van der Waals surface area contributed by atoms with Gasteiger partial charge in [0, 0.05) is 16.8 Å². The van der Waals surface area contributed by atoms with Crippen LogP contribution in [0.4, 0.5) is 0 Å². The van der Waals surface area contributed by atoms with Crippen LogP contribution in [-0.4, -0.2) is 18.7 Å². The molecule has 1 aromatic carbocycles. The van der Waals surface area contributed by atoms with Crippen molar-refractivity contribution in [1.82, 2.24) is 9.97 Å². The summed E-state index contributed by atoms with van der Waals surface area (Å²) in [7, 11) is 0. The molecule has 0 bridgehead atoms. The maximum Gasteiger partial charge on any atom is 0.140 e. The lowest BCUT2D eigenvalue weighted by atomic mass is 10.1. The van der Waals surface area contributed by atoms with E-state index in [2.05, 4.69) is 9.97 Å². The van der Waals surface area contributed by atoms with Crippen LogP contribution in [0, 0.1) is 0 Å². The molecule has 88 valence electrons. The van der Waals surface area contributed by atoms with Gasteiger partial charge in [-0.3, -0.25) is 4.21 Å². The molecule has 0 saturated heterocycles. The van der Waals surface area contributed by atoms with Crippen molar-refractivity contribution < 1.29 is 8.76 Å². The third-order valence-corrected chi connectivity index (χ3v) is 2.84. The summed E-state index contributed by atoms with van der Waals surface area (Å²) in [6, 6.07) is 8.88. The zero-order valence-corrected chi connectivity index (χ0v) is 10.2. The van der Waals surface area contributed by atoms with Gasteiger partial charge in [-0.1, -0.05) is 23.7 Å². The molecule has 0 amide bonds. The summed E-state index contributed by atoms with van der Waals surface area (Å²) in [5, 5.41) is 0.642. The van der Waals surface area contributed by atoms with Gasteiger partial charge in [-0.15, -0.1) is 0 Å². The Morgan fingerprint density at radius 1 is 1.24 bits per heavy atom. The molecular formula is C11H8ClN2O2S-. The van der Waals surface area contributed by atoms with Crippen LogP contribution in [0.15, 0.2) is 36.5 Å². The normalized spacial score (nSPS) is 12.4. The Balaban J connectivity index is 2.32. The van der Waals surface area contributed by atoms with E-state index >= 15 is 0 Å². The fourth-order valence-electron chi connectivity index (χ4n) is 1.36. The van der Waals surface area contributed by atoms with Crippen molar-refractivity contribution >= 4 is 22.7 Å². The monoisotopic (exact) mass is 267 g/mol. The number of rotatable bonds is 3. The summed E-state index contributed by atoms with van der Waals surface area (Å²) in [6.45, 7) is 0. The van der Waals surface area contributed by atoms with Gasteiger partial charge >= 0.3 is 0 Å². The second kappa shape index (κ2) is 5.35. The molecule has 17 heavy (non-hydrogen) atoms. The number of hydrogen-bond acceptors (Lipinski definition) is 4. The van der Waals surface area contributed by atoms with Crippen molar-refractivity contribution in [2.24, 2.45) is 0 Å².